The summed E-state index contributed by atoms with van der Waals surface area (Å²) in [6.45, 7) is 3.98. The fourth-order valence-electron chi connectivity index (χ4n) is 0.728. The lowest BCUT2D eigenvalue weighted by Crippen LogP contribution is -2.36. The first-order valence-electron chi connectivity index (χ1n) is 3.49. The lowest BCUT2D eigenvalue weighted by Gasteiger charge is -2.18. The Balaban J connectivity index is 3.67. The quantitative estimate of drug-likeness (QED) is 0.536. The maximum Gasteiger partial charge on any atom is 0.309 e. The van der Waals surface area contributed by atoms with E-state index in [1.807, 2.05) is 13.8 Å². The highest BCUT2D eigenvalue weighted by Gasteiger charge is 2.12. The van der Waals surface area contributed by atoms with Crippen molar-refractivity contribution in [3.05, 3.63) is 0 Å². The van der Waals surface area contributed by atoms with Gasteiger partial charge in [0.15, 0.2) is 0 Å². The van der Waals surface area contributed by atoms with E-state index in [-0.39, 0.29) is 12.6 Å². The molecular weight excluding hydrogens is 130 g/mol. The zero-order valence-corrected chi connectivity index (χ0v) is 6.42. The van der Waals surface area contributed by atoms with Crippen molar-refractivity contribution in [3.63, 3.8) is 0 Å². The van der Waals surface area contributed by atoms with Gasteiger partial charge in [0.05, 0.1) is 12.6 Å². The van der Waals surface area contributed by atoms with Crippen LogP contribution in [0.3, 0.4) is 0 Å². The van der Waals surface area contributed by atoms with Gasteiger partial charge in [-0.15, -0.1) is 0 Å². The molecule has 0 aromatic heterocycles. The molecule has 0 aliphatic heterocycles. The van der Waals surface area contributed by atoms with Gasteiger partial charge in [-0.25, -0.2) is 0 Å². The van der Waals surface area contributed by atoms with E-state index in [0.717, 1.165) is 6.42 Å². The number of nitrogens with one attached hydrogen (secondary N) is 1. The lowest BCUT2D eigenvalue weighted by atomic mass is 10.0. The van der Waals surface area contributed by atoms with E-state index >= 15 is 0 Å². The Kier molecular flexibility index (Phi) is 4.94. The monoisotopic (exact) mass is 144 g/mol. The van der Waals surface area contributed by atoms with E-state index in [2.05, 4.69) is 5.32 Å². The number of amides is 1. The van der Waals surface area contributed by atoms with Crippen molar-refractivity contribution in [1.82, 2.24) is 5.32 Å². The normalized spacial score (nSPS) is 15.9. The molecule has 2 atom stereocenters. The van der Waals surface area contributed by atoms with E-state index in [9.17, 15) is 4.79 Å². The van der Waals surface area contributed by atoms with E-state index < -0.39 is 0 Å². The van der Waals surface area contributed by atoms with Gasteiger partial charge in [-0.1, -0.05) is 20.3 Å². The first-order valence-corrected chi connectivity index (χ1v) is 3.49. The molecular formula is C7H14NO2. The molecule has 0 saturated heterocycles. The van der Waals surface area contributed by atoms with E-state index in [1.165, 1.54) is 0 Å². The topological polar surface area (TPSA) is 49.3 Å². The summed E-state index contributed by atoms with van der Waals surface area (Å²) in [6.07, 6.45) is 2.52. The Labute approximate surface area is 61.4 Å². The van der Waals surface area contributed by atoms with Crippen LogP contribution in [-0.4, -0.2) is 24.2 Å². The summed E-state index contributed by atoms with van der Waals surface area (Å²) >= 11 is 0. The predicted molar refractivity (Wildman–Crippen MR) is 39.2 cm³/mol. The molecule has 10 heavy (non-hydrogen) atoms. The molecule has 0 rings (SSSR count). The van der Waals surface area contributed by atoms with Crippen molar-refractivity contribution in [1.29, 1.82) is 0 Å². The van der Waals surface area contributed by atoms with Gasteiger partial charge in [-0.2, -0.15) is 0 Å². The average Bonchev–Trinajstić information content (AvgIpc) is 1.99. The van der Waals surface area contributed by atoms with Gasteiger partial charge in [0.2, 0.25) is 0 Å². The molecule has 1 radical (unpaired) electrons. The summed E-state index contributed by atoms with van der Waals surface area (Å²) in [4.78, 5) is 9.85. The van der Waals surface area contributed by atoms with E-state index in [0.29, 0.717) is 5.92 Å². The number of rotatable bonds is 5. The highest BCUT2D eigenvalue weighted by Crippen LogP contribution is 2.05. The van der Waals surface area contributed by atoms with Crippen LogP contribution in [0.1, 0.15) is 20.3 Å². The third-order valence-corrected chi connectivity index (χ3v) is 1.77. The molecule has 0 aliphatic rings. The molecule has 0 aromatic carbocycles. The summed E-state index contributed by atoms with van der Waals surface area (Å²) in [6, 6.07) is -0.137. The minimum absolute atomic E-state index is 0.00968. The van der Waals surface area contributed by atoms with Gasteiger partial charge in [0.1, 0.15) is 0 Å². The van der Waals surface area contributed by atoms with Crippen LogP contribution >= 0.6 is 0 Å². The number of hydrogen-bond donors (Lipinski definition) is 2. The highest BCUT2D eigenvalue weighted by atomic mass is 16.3. The second-order valence-electron chi connectivity index (χ2n) is 2.42. The van der Waals surface area contributed by atoms with Crippen molar-refractivity contribution in [2.45, 2.75) is 26.3 Å². The zero-order valence-electron chi connectivity index (χ0n) is 6.42. The van der Waals surface area contributed by atoms with Gasteiger partial charge in [-0.3, -0.25) is 4.79 Å². The standard InChI is InChI=1S/C7H14NO2/c1-3-6(2)7(4-9)8-5-10/h6-7,9H,3-4H2,1-2H3,(H,8,10). The first kappa shape index (κ1) is 9.43. The molecule has 2 unspecified atom stereocenters. The molecule has 1 amide bonds. The fraction of sp³-hybridized carbons (Fsp3) is 0.857. The van der Waals surface area contributed by atoms with Crippen LogP contribution in [0.15, 0.2) is 0 Å². The average molecular weight is 144 g/mol. The SMILES string of the molecule is CCC(C)C(CO)N[C]=O. The van der Waals surface area contributed by atoms with E-state index in [1.54, 1.807) is 6.41 Å². The van der Waals surface area contributed by atoms with Crippen LogP contribution < -0.4 is 5.32 Å². The molecule has 0 saturated carbocycles. The summed E-state index contributed by atoms with van der Waals surface area (Å²) in [5.74, 6) is 0.312. The highest BCUT2D eigenvalue weighted by molar-refractivity contribution is 5.47. The molecule has 59 valence electrons. The second-order valence-corrected chi connectivity index (χ2v) is 2.42. The van der Waals surface area contributed by atoms with Gasteiger partial charge in [-0.05, 0) is 5.92 Å². The molecule has 0 aliphatic carbocycles. The largest absolute Gasteiger partial charge is 0.394 e. The van der Waals surface area contributed by atoms with Crippen molar-refractivity contribution in [3.8, 4) is 0 Å². The summed E-state index contributed by atoms with van der Waals surface area (Å²) in [5, 5.41) is 11.1. The van der Waals surface area contributed by atoms with Crippen LogP contribution in [0, 0.1) is 5.92 Å². The van der Waals surface area contributed by atoms with Crippen molar-refractivity contribution >= 4 is 6.41 Å². The van der Waals surface area contributed by atoms with Crippen molar-refractivity contribution in [2.75, 3.05) is 6.61 Å². The minimum Gasteiger partial charge on any atom is -0.394 e. The van der Waals surface area contributed by atoms with Crippen molar-refractivity contribution in [2.24, 2.45) is 5.92 Å². The predicted octanol–water partition coefficient (Wildman–Crippen LogP) is 0.0502. The third-order valence-electron chi connectivity index (χ3n) is 1.77. The van der Waals surface area contributed by atoms with Crippen molar-refractivity contribution < 1.29 is 9.90 Å². The maximum absolute atomic E-state index is 9.85. The molecule has 3 nitrogen and oxygen atoms in total. The summed E-state index contributed by atoms with van der Waals surface area (Å²) in [5.41, 5.74) is 0. The Morgan fingerprint density at radius 3 is 2.60 bits per heavy atom. The lowest BCUT2D eigenvalue weighted by molar-refractivity contribution is 0.216. The van der Waals surface area contributed by atoms with Crippen LogP contribution in [0.4, 0.5) is 0 Å². The molecule has 0 fully saturated rings. The minimum atomic E-state index is -0.137. The van der Waals surface area contributed by atoms with E-state index in [4.69, 9.17) is 5.11 Å². The number of hydrogen-bond acceptors (Lipinski definition) is 2. The van der Waals surface area contributed by atoms with Gasteiger partial charge >= 0.3 is 6.41 Å². The molecule has 0 heterocycles. The van der Waals surface area contributed by atoms with Crippen LogP contribution in [-0.2, 0) is 4.79 Å². The first-order chi connectivity index (χ1) is 4.76. The summed E-state index contributed by atoms with van der Waals surface area (Å²) < 4.78 is 0. The molecule has 0 spiro atoms. The summed E-state index contributed by atoms with van der Waals surface area (Å²) in [7, 11) is 0. The second kappa shape index (κ2) is 5.23. The van der Waals surface area contributed by atoms with Gasteiger partial charge < -0.3 is 10.4 Å². The Bertz CT molecular complexity index is 95.6. The number of aliphatic hydroxyl groups is 1. The molecule has 2 N–H and O–H groups in total. The van der Waals surface area contributed by atoms with Crippen LogP contribution in [0.5, 0.6) is 0 Å². The molecule has 3 heteroatoms. The van der Waals surface area contributed by atoms with Gasteiger partial charge in [0, 0.05) is 0 Å². The molecule has 0 bridgehead atoms. The van der Waals surface area contributed by atoms with Crippen LogP contribution in [0.2, 0.25) is 0 Å². The number of aliphatic hydroxyl groups excluding tert-OH is 1. The smallest absolute Gasteiger partial charge is 0.309 e. The zero-order chi connectivity index (χ0) is 7.98. The fourth-order valence-corrected chi connectivity index (χ4v) is 0.728. The van der Waals surface area contributed by atoms with Gasteiger partial charge in [0.25, 0.3) is 0 Å². The van der Waals surface area contributed by atoms with Crippen LogP contribution in [0.25, 0.3) is 0 Å². The number of carbonyl (C=O) groups excluding carboxylic acids is 1. The maximum atomic E-state index is 9.85. The Morgan fingerprint density at radius 2 is 2.30 bits per heavy atom. The molecule has 0 aromatic rings. The Morgan fingerprint density at radius 1 is 1.70 bits per heavy atom. The Hall–Kier alpha value is -0.570. The third kappa shape index (κ3) is 2.82.